The van der Waals surface area contributed by atoms with Gasteiger partial charge in [-0.25, -0.2) is 4.98 Å². The fourth-order valence-electron chi connectivity index (χ4n) is 1.47. The van der Waals surface area contributed by atoms with Gasteiger partial charge in [-0.15, -0.1) is 0 Å². The molecular formula is C10H11ClN2O. The van der Waals surface area contributed by atoms with Crippen molar-refractivity contribution in [2.24, 2.45) is 0 Å². The molecule has 0 radical (unpaired) electrons. The van der Waals surface area contributed by atoms with E-state index in [2.05, 4.69) is 9.55 Å². The van der Waals surface area contributed by atoms with E-state index in [4.69, 9.17) is 16.3 Å². The molecule has 0 aliphatic rings. The first-order chi connectivity index (χ1) is 6.83. The highest BCUT2D eigenvalue weighted by molar-refractivity contribution is 6.34. The molecule has 2 aromatic heterocycles. The molecule has 0 fully saturated rings. The molecule has 0 amide bonds. The highest BCUT2D eigenvalue weighted by Crippen LogP contribution is 2.21. The Morgan fingerprint density at radius 1 is 1.50 bits per heavy atom. The van der Waals surface area contributed by atoms with Crippen LogP contribution in [0.5, 0.6) is 0 Å². The van der Waals surface area contributed by atoms with Crippen LogP contribution in [0.3, 0.4) is 0 Å². The minimum atomic E-state index is 0.554. The predicted molar refractivity (Wildman–Crippen MR) is 56.6 cm³/mol. The van der Waals surface area contributed by atoms with Crippen molar-refractivity contribution < 1.29 is 4.74 Å². The number of pyridine rings is 1. The van der Waals surface area contributed by atoms with Crippen LogP contribution in [0.15, 0.2) is 24.5 Å². The molecular weight excluding hydrogens is 200 g/mol. The van der Waals surface area contributed by atoms with E-state index in [9.17, 15) is 0 Å². The van der Waals surface area contributed by atoms with Gasteiger partial charge in [0.1, 0.15) is 5.15 Å². The molecule has 0 saturated carbocycles. The molecule has 0 unspecified atom stereocenters. The lowest BCUT2D eigenvalue weighted by Gasteiger charge is -2.03. The number of methoxy groups -OCH3 is 1. The summed E-state index contributed by atoms with van der Waals surface area (Å²) in [6.45, 7) is 1.53. The van der Waals surface area contributed by atoms with Crippen molar-refractivity contribution in [1.82, 2.24) is 9.55 Å². The molecule has 0 spiro atoms. The van der Waals surface area contributed by atoms with Gasteiger partial charge in [-0.1, -0.05) is 11.6 Å². The second kappa shape index (κ2) is 3.98. The van der Waals surface area contributed by atoms with Gasteiger partial charge in [0.15, 0.2) is 0 Å². The first-order valence-corrected chi connectivity index (χ1v) is 4.79. The average Bonchev–Trinajstić information content (AvgIpc) is 2.60. The van der Waals surface area contributed by atoms with Crippen LogP contribution in [-0.2, 0) is 11.3 Å². The molecule has 0 saturated heterocycles. The molecule has 0 aromatic carbocycles. The second-order valence-electron chi connectivity index (χ2n) is 3.04. The van der Waals surface area contributed by atoms with E-state index in [1.807, 2.05) is 18.3 Å². The van der Waals surface area contributed by atoms with E-state index < -0.39 is 0 Å². The molecule has 2 rings (SSSR count). The SMILES string of the molecule is COCCn1ccc2c(Cl)nccc21. The van der Waals surface area contributed by atoms with Crippen molar-refractivity contribution in [2.75, 3.05) is 13.7 Å². The first-order valence-electron chi connectivity index (χ1n) is 4.41. The van der Waals surface area contributed by atoms with Crippen LogP contribution in [0, 0.1) is 0 Å². The quantitative estimate of drug-likeness (QED) is 0.728. The molecule has 4 heteroatoms. The summed E-state index contributed by atoms with van der Waals surface area (Å²) in [6.07, 6.45) is 3.71. The molecule has 0 N–H and O–H groups in total. The molecule has 0 bridgehead atoms. The van der Waals surface area contributed by atoms with Gasteiger partial charge in [0, 0.05) is 31.4 Å². The van der Waals surface area contributed by atoms with E-state index in [1.165, 1.54) is 0 Å². The van der Waals surface area contributed by atoms with Gasteiger partial charge in [-0.2, -0.15) is 0 Å². The Morgan fingerprint density at radius 3 is 3.14 bits per heavy atom. The van der Waals surface area contributed by atoms with E-state index in [1.54, 1.807) is 13.3 Å². The van der Waals surface area contributed by atoms with Crippen molar-refractivity contribution in [3.8, 4) is 0 Å². The Hall–Kier alpha value is -1.06. The lowest BCUT2D eigenvalue weighted by molar-refractivity contribution is 0.188. The smallest absolute Gasteiger partial charge is 0.138 e. The van der Waals surface area contributed by atoms with Crippen molar-refractivity contribution in [2.45, 2.75) is 6.54 Å². The Kier molecular flexibility index (Phi) is 2.70. The topological polar surface area (TPSA) is 27.1 Å². The van der Waals surface area contributed by atoms with Crippen LogP contribution in [0.2, 0.25) is 5.15 Å². The van der Waals surface area contributed by atoms with E-state index in [-0.39, 0.29) is 0 Å². The minimum Gasteiger partial charge on any atom is -0.383 e. The van der Waals surface area contributed by atoms with Crippen LogP contribution in [0.1, 0.15) is 0 Å². The lowest BCUT2D eigenvalue weighted by Crippen LogP contribution is -2.02. The molecule has 14 heavy (non-hydrogen) atoms. The van der Waals surface area contributed by atoms with Gasteiger partial charge in [-0.3, -0.25) is 0 Å². The van der Waals surface area contributed by atoms with Gasteiger partial charge in [-0.05, 0) is 12.1 Å². The summed E-state index contributed by atoms with van der Waals surface area (Å²) in [5, 5.41) is 1.55. The molecule has 0 aliphatic heterocycles. The lowest BCUT2D eigenvalue weighted by atomic mass is 10.3. The van der Waals surface area contributed by atoms with Crippen LogP contribution in [0.4, 0.5) is 0 Å². The fourth-order valence-corrected chi connectivity index (χ4v) is 1.69. The fraction of sp³-hybridized carbons (Fsp3) is 0.300. The van der Waals surface area contributed by atoms with E-state index in [0.29, 0.717) is 11.8 Å². The zero-order chi connectivity index (χ0) is 9.97. The Bertz CT molecular complexity index is 439. The Balaban J connectivity index is 2.42. The Labute approximate surface area is 87.3 Å². The predicted octanol–water partition coefficient (Wildman–Crippen LogP) is 2.34. The first kappa shape index (κ1) is 9.49. The normalized spacial score (nSPS) is 11.0. The van der Waals surface area contributed by atoms with E-state index in [0.717, 1.165) is 17.4 Å². The molecule has 74 valence electrons. The molecule has 3 nitrogen and oxygen atoms in total. The maximum atomic E-state index is 5.95. The molecule has 0 aliphatic carbocycles. The summed E-state index contributed by atoms with van der Waals surface area (Å²) >= 11 is 5.95. The standard InChI is InChI=1S/C10H11ClN2O/c1-14-7-6-13-5-3-8-9(13)2-4-12-10(8)11/h2-5H,6-7H2,1H3. The van der Waals surface area contributed by atoms with Gasteiger partial charge in [0.25, 0.3) is 0 Å². The Morgan fingerprint density at radius 2 is 2.36 bits per heavy atom. The zero-order valence-corrected chi connectivity index (χ0v) is 8.66. The zero-order valence-electron chi connectivity index (χ0n) is 7.90. The van der Waals surface area contributed by atoms with Crippen LogP contribution < -0.4 is 0 Å². The van der Waals surface area contributed by atoms with Crippen LogP contribution in [0.25, 0.3) is 10.9 Å². The molecule has 2 aromatic rings. The summed E-state index contributed by atoms with van der Waals surface area (Å²) in [5.41, 5.74) is 1.10. The maximum absolute atomic E-state index is 5.95. The highest BCUT2D eigenvalue weighted by atomic mass is 35.5. The maximum Gasteiger partial charge on any atom is 0.138 e. The number of hydrogen-bond donors (Lipinski definition) is 0. The van der Waals surface area contributed by atoms with Crippen molar-refractivity contribution in [3.63, 3.8) is 0 Å². The van der Waals surface area contributed by atoms with Gasteiger partial charge >= 0.3 is 0 Å². The summed E-state index contributed by atoms with van der Waals surface area (Å²) in [5.74, 6) is 0. The number of halogens is 1. The number of fused-ring (bicyclic) bond motifs is 1. The number of nitrogens with zero attached hydrogens (tertiary/aromatic N) is 2. The number of rotatable bonds is 3. The summed E-state index contributed by atoms with van der Waals surface area (Å²) in [4.78, 5) is 4.02. The van der Waals surface area contributed by atoms with E-state index >= 15 is 0 Å². The third-order valence-electron chi connectivity index (χ3n) is 2.19. The summed E-state index contributed by atoms with van der Waals surface area (Å²) in [7, 11) is 1.69. The minimum absolute atomic E-state index is 0.554. The van der Waals surface area contributed by atoms with Crippen molar-refractivity contribution >= 4 is 22.5 Å². The monoisotopic (exact) mass is 210 g/mol. The van der Waals surface area contributed by atoms with Crippen LogP contribution in [-0.4, -0.2) is 23.3 Å². The number of ether oxygens (including phenoxy) is 1. The van der Waals surface area contributed by atoms with Gasteiger partial charge in [0.05, 0.1) is 12.1 Å². The van der Waals surface area contributed by atoms with Gasteiger partial charge < -0.3 is 9.30 Å². The largest absolute Gasteiger partial charge is 0.383 e. The third kappa shape index (κ3) is 1.61. The summed E-state index contributed by atoms with van der Waals surface area (Å²) in [6, 6.07) is 3.93. The van der Waals surface area contributed by atoms with Gasteiger partial charge in [0.2, 0.25) is 0 Å². The molecule has 0 atom stereocenters. The number of hydrogen-bond acceptors (Lipinski definition) is 2. The second-order valence-corrected chi connectivity index (χ2v) is 3.39. The average molecular weight is 211 g/mol. The van der Waals surface area contributed by atoms with Crippen LogP contribution >= 0.6 is 11.6 Å². The van der Waals surface area contributed by atoms with Crippen molar-refractivity contribution in [1.29, 1.82) is 0 Å². The van der Waals surface area contributed by atoms with Crippen molar-refractivity contribution in [3.05, 3.63) is 29.7 Å². The third-order valence-corrected chi connectivity index (χ3v) is 2.49. The molecule has 2 heterocycles. The highest BCUT2D eigenvalue weighted by Gasteiger charge is 2.03. The number of aromatic nitrogens is 2. The summed E-state index contributed by atoms with van der Waals surface area (Å²) < 4.78 is 7.13.